The van der Waals surface area contributed by atoms with Crippen molar-refractivity contribution < 1.29 is 14.6 Å². The summed E-state index contributed by atoms with van der Waals surface area (Å²) >= 11 is 0. The molecule has 1 aromatic rings. The van der Waals surface area contributed by atoms with E-state index in [1.165, 1.54) is 16.8 Å². The third kappa shape index (κ3) is 1.65. The Morgan fingerprint density at radius 1 is 1.43 bits per heavy atom. The second-order valence-corrected chi connectivity index (χ2v) is 6.73. The first-order valence-corrected chi connectivity index (χ1v) is 7.16. The van der Waals surface area contributed by atoms with Crippen LogP contribution in [-0.2, 0) is 9.47 Å². The van der Waals surface area contributed by atoms with Crippen molar-refractivity contribution in [2.24, 2.45) is 11.3 Å². The molecule has 114 valence electrons. The van der Waals surface area contributed by atoms with Gasteiger partial charge in [-0.15, -0.1) is 0 Å². The molecule has 2 N–H and O–H groups in total. The molecular weight excluding hydrogens is 276 g/mol. The molecule has 2 aliphatic carbocycles. The highest BCUT2D eigenvalue weighted by Gasteiger charge is 2.75. The summed E-state index contributed by atoms with van der Waals surface area (Å²) in [6.07, 6.45) is 1.81. The van der Waals surface area contributed by atoms with Gasteiger partial charge in [-0.1, -0.05) is 0 Å². The van der Waals surface area contributed by atoms with E-state index in [0.717, 1.165) is 6.42 Å². The first kappa shape index (κ1) is 13.2. The summed E-state index contributed by atoms with van der Waals surface area (Å²) in [5, 5.41) is 9.78. The summed E-state index contributed by atoms with van der Waals surface area (Å²) < 4.78 is 13.4. The number of H-pyrrole nitrogens is 1. The predicted molar refractivity (Wildman–Crippen MR) is 71.8 cm³/mol. The molecule has 0 bridgehead atoms. The van der Waals surface area contributed by atoms with Gasteiger partial charge in [-0.3, -0.25) is 14.3 Å². The molecule has 7 heteroatoms. The predicted octanol–water partition coefficient (Wildman–Crippen LogP) is -0.390. The standard InChI is InChI=1S/C14H18N2O5/c1-13(2)20-10-9(16-4-3-8(18)15-12(16)19)7-5-14(7,6-17)11(10)21-13/h3-4,7,9-11,17H,5-6H2,1-2H3,(H,15,18,19)/t7-,9-,10+,11+,14+/m1/s1. The van der Waals surface area contributed by atoms with Gasteiger partial charge in [0.15, 0.2) is 5.79 Å². The van der Waals surface area contributed by atoms with Crippen LogP contribution in [0, 0.1) is 11.3 Å². The maximum atomic E-state index is 12.1. The number of aromatic nitrogens is 2. The van der Waals surface area contributed by atoms with Gasteiger partial charge in [0, 0.05) is 17.7 Å². The Balaban J connectivity index is 1.79. The van der Waals surface area contributed by atoms with E-state index in [1.807, 2.05) is 13.8 Å². The van der Waals surface area contributed by atoms with Crippen molar-refractivity contribution >= 4 is 0 Å². The number of ether oxygens (including phenoxy) is 2. The van der Waals surface area contributed by atoms with Gasteiger partial charge in [-0.2, -0.15) is 0 Å². The minimum absolute atomic E-state index is 0.0207. The number of aliphatic hydroxyl groups excluding tert-OH is 1. The van der Waals surface area contributed by atoms with E-state index >= 15 is 0 Å². The van der Waals surface area contributed by atoms with Crippen molar-refractivity contribution in [3.05, 3.63) is 33.1 Å². The quantitative estimate of drug-likeness (QED) is 0.775. The van der Waals surface area contributed by atoms with Crippen LogP contribution >= 0.6 is 0 Å². The van der Waals surface area contributed by atoms with Crippen LogP contribution in [0.15, 0.2) is 21.9 Å². The van der Waals surface area contributed by atoms with Crippen LogP contribution in [0.25, 0.3) is 0 Å². The summed E-state index contributed by atoms with van der Waals surface area (Å²) in [6.45, 7) is 3.69. The molecule has 1 saturated heterocycles. The first-order chi connectivity index (χ1) is 9.88. The minimum Gasteiger partial charge on any atom is -0.396 e. The van der Waals surface area contributed by atoms with E-state index in [4.69, 9.17) is 9.47 Å². The van der Waals surface area contributed by atoms with Crippen LogP contribution in [0.4, 0.5) is 0 Å². The fourth-order valence-electron chi connectivity index (χ4n) is 4.14. The molecule has 1 aromatic heterocycles. The lowest BCUT2D eigenvalue weighted by atomic mass is 10.0. The number of aliphatic hydroxyl groups is 1. The van der Waals surface area contributed by atoms with Crippen LogP contribution in [0.3, 0.4) is 0 Å². The Hall–Kier alpha value is -1.44. The lowest BCUT2D eigenvalue weighted by Gasteiger charge is -2.24. The van der Waals surface area contributed by atoms with Crippen molar-refractivity contribution in [1.82, 2.24) is 9.55 Å². The number of fused-ring (bicyclic) bond motifs is 3. The number of nitrogens with one attached hydrogen (secondary N) is 1. The van der Waals surface area contributed by atoms with E-state index in [2.05, 4.69) is 4.98 Å². The van der Waals surface area contributed by atoms with Gasteiger partial charge in [0.05, 0.1) is 18.8 Å². The molecule has 3 aliphatic rings. The number of rotatable bonds is 2. The second kappa shape index (κ2) is 3.85. The Bertz CT molecular complexity index is 708. The van der Waals surface area contributed by atoms with E-state index in [0.29, 0.717) is 0 Å². The van der Waals surface area contributed by atoms with Crippen molar-refractivity contribution in [2.45, 2.75) is 44.3 Å². The van der Waals surface area contributed by atoms with Gasteiger partial charge in [0.2, 0.25) is 0 Å². The van der Waals surface area contributed by atoms with Crippen molar-refractivity contribution in [3.8, 4) is 0 Å². The molecule has 21 heavy (non-hydrogen) atoms. The van der Waals surface area contributed by atoms with Gasteiger partial charge in [-0.05, 0) is 26.2 Å². The van der Waals surface area contributed by atoms with Crippen molar-refractivity contribution in [2.75, 3.05) is 6.61 Å². The SMILES string of the molecule is CC1(C)O[C@H]2[C@H](n3ccc(=O)[nH]c3=O)[C@H]3C[C@@]3(CO)[C@H]2O1. The van der Waals surface area contributed by atoms with Crippen molar-refractivity contribution in [3.63, 3.8) is 0 Å². The molecule has 4 rings (SSSR count). The number of nitrogens with zero attached hydrogens (tertiary/aromatic N) is 1. The highest BCUT2D eigenvalue weighted by molar-refractivity contribution is 5.23. The first-order valence-electron chi connectivity index (χ1n) is 7.16. The molecule has 5 atom stereocenters. The topological polar surface area (TPSA) is 93.6 Å². The zero-order chi connectivity index (χ0) is 15.0. The summed E-state index contributed by atoms with van der Waals surface area (Å²) in [7, 11) is 0. The van der Waals surface area contributed by atoms with Crippen molar-refractivity contribution in [1.29, 1.82) is 0 Å². The third-order valence-corrected chi connectivity index (χ3v) is 5.09. The monoisotopic (exact) mass is 294 g/mol. The van der Waals surface area contributed by atoms with E-state index in [-0.39, 0.29) is 36.2 Å². The molecule has 1 aliphatic heterocycles. The molecule has 3 fully saturated rings. The Labute approximate surface area is 120 Å². The summed E-state index contributed by atoms with van der Waals surface area (Å²) in [4.78, 5) is 25.6. The molecule has 0 unspecified atom stereocenters. The van der Waals surface area contributed by atoms with Gasteiger partial charge in [0.25, 0.3) is 5.56 Å². The average Bonchev–Trinajstić information content (AvgIpc) is 2.96. The zero-order valence-electron chi connectivity index (χ0n) is 11.9. The van der Waals surface area contributed by atoms with E-state index in [1.54, 1.807) is 0 Å². The Kier molecular flexibility index (Phi) is 2.43. The average molecular weight is 294 g/mol. The lowest BCUT2D eigenvalue weighted by Crippen LogP contribution is -2.39. The number of aromatic amines is 1. The molecule has 2 saturated carbocycles. The summed E-state index contributed by atoms with van der Waals surface area (Å²) in [5.74, 6) is -0.591. The molecular formula is C14H18N2O5. The largest absolute Gasteiger partial charge is 0.396 e. The summed E-state index contributed by atoms with van der Waals surface area (Å²) in [5.41, 5.74) is -1.18. The maximum absolute atomic E-state index is 12.1. The molecule has 7 nitrogen and oxygen atoms in total. The van der Waals surface area contributed by atoms with Gasteiger partial charge < -0.3 is 14.6 Å². The zero-order valence-corrected chi connectivity index (χ0v) is 11.9. The van der Waals surface area contributed by atoms with Crippen LogP contribution in [0.1, 0.15) is 26.3 Å². The highest BCUT2D eigenvalue weighted by atomic mass is 16.8. The Morgan fingerprint density at radius 2 is 2.19 bits per heavy atom. The highest BCUT2D eigenvalue weighted by Crippen LogP contribution is 2.70. The molecule has 0 radical (unpaired) electrons. The fourth-order valence-corrected chi connectivity index (χ4v) is 4.14. The Morgan fingerprint density at radius 3 is 2.86 bits per heavy atom. The number of hydrogen-bond donors (Lipinski definition) is 2. The molecule has 0 aromatic carbocycles. The van der Waals surface area contributed by atoms with E-state index < -0.39 is 17.0 Å². The van der Waals surface area contributed by atoms with Gasteiger partial charge in [-0.25, -0.2) is 4.79 Å². The van der Waals surface area contributed by atoms with Gasteiger partial charge >= 0.3 is 5.69 Å². The van der Waals surface area contributed by atoms with Gasteiger partial charge in [0.1, 0.15) is 6.10 Å². The number of hydrogen-bond acceptors (Lipinski definition) is 5. The maximum Gasteiger partial charge on any atom is 0.328 e. The van der Waals surface area contributed by atoms with Crippen LogP contribution < -0.4 is 11.2 Å². The fraction of sp³-hybridized carbons (Fsp3) is 0.714. The smallest absolute Gasteiger partial charge is 0.328 e. The third-order valence-electron chi connectivity index (χ3n) is 5.09. The lowest BCUT2D eigenvalue weighted by molar-refractivity contribution is -0.163. The van der Waals surface area contributed by atoms with E-state index in [9.17, 15) is 14.7 Å². The molecule has 2 heterocycles. The van der Waals surface area contributed by atoms with Crippen LogP contribution in [0.2, 0.25) is 0 Å². The summed E-state index contributed by atoms with van der Waals surface area (Å²) in [6, 6.07) is 1.12. The molecule has 0 spiro atoms. The minimum atomic E-state index is -0.727. The normalized spacial score (nSPS) is 42.6. The molecule has 0 amide bonds. The van der Waals surface area contributed by atoms with Crippen LogP contribution in [0.5, 0.6) is 0 Å². The van der Waals surface area contributed by atoms with Crippen LogP contribution in [-0.4, -0.2) is 39.3 Å². The second-order valence-electron chi connectivity index (χ2n) is 6.73.